The summed E-state index contributed by atoms with van der Waals surface area (Å²) in [6.07, 6.45) is 0. The van der Waals surface area contributed by atoms with E-state index in [1.165, 1.54) is 4.88 Å². The summed E-state index contributed by atoms with van der Waals surface area (Å²) in [7, 11) is 0. The molecular weight excluding hydrogens is 272 g/mol. The second kappa shape index (κ2) is 4.92. The summed E-state index contributed by atoms with van der Waals surface area (Å²) < 4.78 is 1.05. The molecule has 1 heterocycles. The van der Waals surface area contributed by atoms with E-state index >= 15 is 0 Å². The van der Waals surface area contributed by atoms with Crippen LogP contribution >= 0.6 is 27.3 Å². The Bertz CT molecular complexity index is 425. The summed E-state index contributed by atoms with van der Waals surface area (Å²) in [6.45, 7) is 0.150. The maximum Gasteiger partial charge on any atom is 0.0548 e. The van der Waals surface area contributed by atoms with E-state index in [-0.39, 0.29) is 12.5 Å². The summed E-state index contributed by atoms with van der Waals surface area (Å²) in [6, 6.07) is 12.2. The van der Waals surface area contributed by atoms with Gasteiger partial charge < -0.3 is 5.11 Å². The molecule has 0 amide bonds. The van der Waals surface area contributed by atoms with Crippen LogP contribution in [0.25, 0.3) is 0 Å². The number of rotatable bonds is 3. The van der Waals surface area contributed by atoms with Crippen molar-refractivity contribution in [3.63, 3.8) is 0 Å². The summed E-state index contributed by atoms with van der Waals surface area (Å²) in [5.74, 6) is 0.0995. The molecule has 15 heavy (non-hydrogen) atoms. The molecule has 1 aromatic carbocycles. The molecule has 1 unspecified atom stereocenters. The quantitative estimate of drug-likeness (QED) is 0.912. The van der Waals surface area contributed by atoms with E-state index in [9.17, 15) is 5.11 Å². The Morgan fingerprint density at radius 3 is 2.73 bits per heavy atom. The van der Waals surface area contributed by atoms with Gasteiger partial charge in [-0.25, -0.2) is 0 Å². The fourth-order valence-electron chi connectivity index (χ4n) is 1.57. The van der Waals surface area contributed by atoms with Crippen molar-refractivity contribution in [2.75, 3.05) is 6.61 Å². The summed E-state index contributed by atoms with van der Waals surface area (Å²) >= 11 is 5.13. The lowest BCUT2D eigenvalue weighted by Gasteiger charge is -2.12. The van der Waals surface area contributed by atoms with Crippen LogP contribution in [0.2, 0.25) is 0 Å². The van der Waals surface area contributed by atoms with Gasteiger partial charge in [0.05, 0.1) is 6.61 Å². The van der Waals surface area contributed by atoms with E-state index in [1.807, 2.05) is 29.6 Å². The van der Waals surface area contributed by atoms with Crippen molar-refractivity contribution < 1.29 is 5.11 Å². The van der Waals surface area contributed by atoms with Crippen LogP contribution in [0.15, 0.2) is 46.3 Å². The molecule has 78 valence electrons. The van der Waals surface area contributed by atoms with Gasteiger partial charge in [0.15, 0.2) is 0 Å². The zero-order valence-electron chi connectivity index (χ0n) is 8.06. The van der Waals surface area contributed by atoms with Crippen LogP contribution in [-0.4, -0.2) is 11.7 Å². The van der Waals surface area contributed by atoms with E-state index in [4.69, 9.17) is 0 Å². The van der Waals surface area contributed by atoms with E-state index in [1.54, 1.807) is 11.3 Å². The van der Waals surface area contributed by atoms with Crippen LogP contribution in [0, 0.1) is 0 Å². The number of aliphatic hydroxyl groups excluding tert-OH is 1. The summed E-state index contributed by atoms with van der Waals surface area (Å²) in [5, 5.41) is 11.5. The number of hydrogen-bond donors (Lipinski definition) is 1. The molecular formula is C12H11BrOS. The predicted molar refractivity (Wildman–Crippen MR) is 67.4 cm³/mol. The molecule has 2 aromatic rings. The van der Waals surface area contributed by atoms with Crippen LogP contribution in [0.5, 0.6) is 0 Å². The number of halogens is 1. The van der Waals surface area contributed by atoms with E-state index in [2.05, 4.69) is 28.1 Å². The largest absolute Gasteiger partial charge is 0.395 e. The van der Waals surface area contributed by atoms with Crippen molar-refractivity contribution in [3.05, 3.63) is 56.7 Å². The van der Waals surface area contributed by atoms with E-state index < -0.39 is 0 Å². The number of benzene rings is 1. The predicted octanol–water partition coefficient (Wildman–Crippen LogP) is 3.63. The molecule has 0 aliphatic heterocycles. The Kier molecular flexibility index (Phi) is 3.57. The highest BCUT2D eigenvalue weighted by atomic mass is 79.9. The minimum absolute atomic E-state index is 0.0995. The Hall–Kier alpha value is -0.640. The first kappa shape index (κ1) is 10.9. The van der Waals surface area contributed by atoms with Crippen molar-refractivity contribution in [3.8, 4) is 0 Å². The second-order valence-electron chi connectivity index (χ2n) is 3.31. The molecule has 0 aliphatic carbocycles. The lowest BCUT2D eigenvalue weighted by Crippen LogP contribution is -2.03. The lowest BCUT2D eigenvalue weighted by atomic mass is 9.99. The average molecular weight is 283 g/mol. The fraction of sp³-hybridized carbons (Fsp3) is 0.167. The molecule has 3 heteroatoms. The van der Waals surface area contributed by atoms with Gasteiger partial charge in [-0.2, -0.15) is 0 Å². The second-order valence-corrected chi connectivity index (χ2v) is 5.20. The van der Waals surface area contributed by atoms with Crippen molar-refractivity contribution in [2.45, 2.75) is 5.92 Å². The topological polar surface area (TPSA) is 20.2 Å². The third-order valence-electron chi connectivity index (χ3n) is 2.32. The van der Waals surface area contributed by atoms with Crippen molar-refractivity contribution in [2.24, 2.45) is 0 Å². The van der Waals surface area contributed by atoms with Crippen molar-refractivity contribution in [1.29, 1.82) is 0 Å². The Labute approximate surface area is 102 Å². The van der Waals surface area contributed by atoms with Crippen LogP contribution in [-0.2, 0) is 0 Å². The van der Waals surface area contributed by atoms with Gasteiger partial charge in [-0.1, -0.05) is 34.1 Å². The molecule has 0 radical (unpaired) electrons. The van der Waals surface area contributed by atoms with Gasteiger partial charge in [-0.05, 0) is 29.1 Å². The van der Waals surface area contributed by atoms with Crippen LogP contribution in [0.3, 0.4) is 0 Å². The Balaban J connectivity index is 2.35. The Morgan fingerprint density at radius 2 is 2.13 bits per heavy atom. The van der Waals surface area contributed by atoms with Crippen LogP contribution < -0.4 is 0 Å². The third kappa shape index (κ3) is 2.48. The maximum absolute atomic E-state index is 9.43. The van der Waals surface area contributed by atoms with Gasteiger partial charge in [0.25, 0.3) is 0 Å². The molecule has 0 saturated heterocycles. The van der Waals surface area contributed by atoms with Crippen molar-refractivity contribution in [1.82, 2.24) is 0 Å². The minimum Gasteiger partial charge on any atom is -0.395 e. The van der Waals surface area contributed by atoms with Crippen molar-refractivity contribution >= 4 is 27.3 Å². The molecule has 1 atom stereocenters. The number of aliphatic hydroxyl groups is 1. The first-order chi connectivity index (χ1) is 7.31. The highest BCUT2D eigenvalue weighted by Crippen LogP contribution is 2.29. The summed E-state index contributed by atoms with van der Waals surface area (Å²) in [4.78, 5) is 1.20. The van der Waals surface area contributed by atoms with Gasteiger partial charge in [-0.3, -0.25) is 0 Å². The average Bonchev–Trinajstić information content (AvgIpc) is 2.72. The standard InChI is InChI=1S/C12H11BrOS/c13-10-4-1-3-9(7-10)11(8-14)12-5-2-6-15-12/h1-7,11,14H,8H2. The monoisotopic (exact) mass is 282 g/mol. The Morgan fingerprint density at radius 1 is 1.27 bits per heavy atom. The molecule has 0 saturated carbocycles. The molecule has 1 N–H and O–H groups in total. The van der Waals surface area contributed by atoms with E-state index in [0.717, 1.165) is 10.0 Å². The SMILES string of the molecule is OCC(c1cccc(Br)c1)c1cccs1. The molecule has 1 aromatic heterocycles. The first-order valence-electron chi connectivity index (χ1n) is 4.71. The summed E-state index contributed by atoms with van der Waals surface area (Å²) in [5.41, 5.74) is 1.15. The third-order valence-corrected chi connectivity index (χ3v) is 3.80. The molecule has 2 rings (SSSR count). The smallest absolute Gasteiger partial charge is 0.0548 e. The van der Waals surface area contributed by atoms with Gasteiger partial charge >= 0.3 is 0 Å². The van der Waals surface area contributed by atoms with Gasteiger partial charge in [0, 0.05) is 15.3 Å². The first-order valence-corrected chi connectivity index (χ1v) is 6.38. The van der Waals surface area contributed by atoms with Gasteiger partial charge in [0.2, 0.25) is 0 Å². The van der Waals surface area contributed by atoms with Gasteiger partial charge in [0.1, 0.15) is 0 Å². The van der Waals surface area contributed by atoms with Crippen LogP contribution in [0.1, 0.15) is 16.4 Å². The van der Waals surface area contributed by atoms with Crippen LogP contribution in [0.4, 0.5) is 0 Å². The zero-order chi connectivity index (χ0) is 10.7. The van der Waals surface area contributed by atoms with Gasteiger partial charge in [-0.15, -0.1) is 11.3 Å². The molecule has 0 spiro atoms. The number of hydrogen-bond acceptors (Lipinski definition) is 2. The highest BCUT2D eigenvalue weighted by Gasteiger charge is 2.13. The van der Waals surface area contributed by atoms with E-state index in [0.29, 0.717) is 0 Å². The zero-order valence-corrected chi connectivity index (χ0v) is 10.5. The minimum atomic E-state index is 0.0995. The number of thiophene rings is 1. The maximum atomic E-state index is 9.43. The normalized spacial score (nSPS) is 12.7. The molecule has 0 fully saturated rings. The molecule has 1 nitrogen and oxygen atoms in total. The molecule has 0 bridgehead atoms. The lowest BCUT2D eigenvalue weighted by molar-refractivity contribution is 0.282. The molecule has 0 aliphatic rings. The fourth-order valence-corrected chi connectivity index (χ4v) is 2.84. The highest BCUT2D eigenvalue weighted by molar-refractivity contribution is 9.10.